The van der Waals surface area contributed by atoms with Crippen molar-refractivity contribution in [1.82, 2.24) is 0 Å². The molecule has 0 saturated carbocycles. The second-order valence-electron chi connectivity index (χ2n) is 12.4. The Kier molecular flexibility index (Phi) is 8.43. The minimum atomic E-state index is -0.444. The molecule has 0 amide bonds. The second kappa shape index (κ2) is 12.9. The van der Waals surface area contributed by atoms with E-state index in [0.717, 1.165) is 58.4 Å². The fourth-order valence-corrected chi connectivity index (χ4v) is 6.67. The number of benzene rings is 4. The molecular weight excluding hydrogens is 576 g/mol. The van der Waals surface area contributed by atoms with Crippen molar-refractivity contribution in [2.24, 2.45) is 16.3 Å². The smallest absolute Gasteiger partial charge is 0.338 e. The van der Waals surface area contributed by atoms with Gasteiger partial charge in [-0.05, 0) is 60.4 Å². The lowest BCUT2D eigenvalue weighted by atomic mass is 9.60. The zero-order valence-corrected chi connectivity index (χ0v) is 26.1. The highest BCUT2D eigenvalue weighted by molar-refractivity contribution is 6.00. The molecule has 1 N–H and O–H groups in total. The first-order chi connectivity index (χ1) is 22.5. The summed E-state index contributed by atoms with van der Waals surface area (Å²) in [6.45, 7) is 6.22. The third-order valence-corrected chi connectivity index (χ3v) is 8.99. The number of epoxide rings is 1. The van der Waals surface area contributed by atoms with Crippen molar-refractivity contribution in [2.75, 3.05) is 31.7 Å². The fraction of sp³-hybridized carbons (Fsp3) is 0.282. The maximum Gasteiger partial charge on any atom is 0.338 e. The number of fused-ring (bicyclic) bond motifs is 2. The molecule has 2 aliphatic heterocycles. The first-order valence-electron chi connectivity index (χ1n) is 15.9. The molecule has 7 nitrogen and oxygen atoms in total. The Bertz CT molecular complexity index is 1770. The van der Waals surface area contributed by atoms with E-state index in [1.807, 2.05) is 84.9 Å². The van der Waals surface area contributed by atoms with Crippen LogP contribution in [-0.2, 0) is 14.2 Å². The van der Waals surface area contributed by atoms with E-state index >= 15 is 0 Å². The minimum Gasteiger partial charge on any atom is -0.461 e. The van der Waals surface area contributed by atoms with Crippen molar-refractivity contribution in [1.29, 1.82) is 0 Å². The van der Waals surface area contributed by atoms with Crippen LogP contribution in [0.25, 0.3) is 0 Å². The molecule has 7 heteroatoms. The van der Waals surface area contributed by atoms with E-state index in [-0.39, 0.29) is 30.5 Å². The van der Waals surface area contributed by atoms with Gasteiger partial charge in [0.2, 0.25) is 0 Å². The number of nitrogens with one attached hydrogen (secondary N) is 1. The highest BCUT2D eigenvalue weighted by Crippen LogP contribution is 2.58. The van der Waals surface area contributed by atoms with Crippen LogP contribution in [0.2, 0.25) is 0 Å². The van der Waals surface area contributed by atoms with Crippen molar-refractivity contribution in [3.05, 3.63) is 132 Å². The summed E-state index contributed by atoms with van der Waals surface area (Å²) in [6.07, 6.45) is 3.07. The van der Waals surface area contributed by atoms with E-state index in [1.165, 1.54) is 0 Å². The van der Waals surface area contributed by atoms with Gasteiger partial charge in [0.25, 0.3) is 0 Å². The van der Waals surface area contributed by atoms with Gasteiger partial charge in [0.05, 0.1) is 31.1 Å². The molecule has 4 unspecified atom stereocenters. The number of allylic oxidation sites excluding steroid dienone is 2. The summed E-state index contributed by atoms with van der Waals surface area (Å²) >= 11 is 0. The van der Waals surface area contributed by atoms with Gasteiger partial charge in [-0.2, -0.15) is 0 Å². The Morgan fingerprint density at radius 2 is 1.65 bits per heavy atom. The predicted octanol–water partition coefficient (Wildman–Crippen LogP) is 8.23. The molecule has 46 heavy (non-hydrogen) atoms. The maximum absolute atomic E-state index is 13.6. The Morgan fingerprint density at radius 1 is 0.913 bits per heavy atom. The number of esters is 1. The van der Waals surface area contributed by atoms with Crippen LogP contribution >= 0.6 is 0 Å². The maximum atomic E-state index is 13.6. The van der Waals surface area contributed by atoms with Crippen LogP contribution in [0.5, 0.6) is 5.75 Å². The van der Waals surface area contributed by atoms with Crippen molar-refractivity contribution < 1.29 is 23.7 Å². The number of ether oxygens (including phenoxy) is 4. The molecule has 1 saturated heterocycles. The number of aliphatic imine (C=N–C) groups is 1. The monoisotopic (exact) mass is 614 g/mol. The lowest BCUT2D eigenvalue weighted by molar-refractivity contribution is 0.0293. The molecule has 0 spiro atoms. The SMILES string of the molecule is CC1CC2(C)C(=CC1=Nc1ccccc1)Oc1cc(Nc3ccccc3)ccc1C2c1ccccc1C(=O)OCCOCC1CO1. The summed E-state index contributed by atoms with van der Waals surface area (Å²) in [5.41, 5.74) is 5.84. The fourth-order valence-electron chi connectivity index (χ4n) is 6.67. The molecule has 3 aliphatic rings. The molecule has 234 valence electrons. The summed E-state index contributed by atoms with van der Waals surface area (Å²) < 4.78 is 23.3. The van der Waals surface area contributed by atoms with Gasteiger partial charge in [-0.1, -0.05) is 74.5 Å². The standard InChI is InChI=1S/C39H38N2O5/c1-26-23-39(2)36(22-34(26)41-28-13-7-4-8-14-28)46-35-21-29(40-27-11-5-3-6-12-27)17-18-33(35)37(39)31-15-9-10-16-32(31)38(42)44-20-19-43-24-30-25-45-30/h3-18,21-22,26,30,37,40H,19-20,23-25H2,1-2H3. The Balaban J connectivity index is 1.27. The van der Waals surface area contributed by atoms with Crippen LogP contribution in [0.15, 0.2) is 120 Å². The molecule has 7 rings (SSSR count). The topological polar surface area (TPSA) is 81.7 Å². The van der Waals surface area contributed by atoms with Gasteiger partial charge in [0.1, 0.15) is 24.2 Å². The Labute approximate surface area is 269 Å². The number of para-hydroxylation sites is 2. The molecule has 1 aliphatic carbocycles. The number of nitrogens with zero attached hydrogens (tertiary/aromatic N) is 1. The van der Waals surface area contributed by atoms with Crippen molar-refractivity contribution >= 4 is 28.7 Å². The summed E-state index contributed by atoms with van der Waals surface area (Å²) in [7, 11) is 0. The Morgan fingerprint density at radius 3 is 2.43 bits per heavy atom. The molecule has 0 aromatic heterocycles. The van der Waals surface area contributed by atoms with E-state index in [0.29, 0.717) is 18.8 Å². The third kappa shape index (κ3) is 6.34. The van der Waals surface area contributed by atoms with Crippen LogP contribution in [-0.4, -0.2) is 44.2 Å². The largest absolute Gasteiger partial charge is 0.461 e. The van der Waals surface area contributed by atoms with Crippen LogP contribution in [0.3, 0.4) is 0 Å². The van der Waals surface area contributed by atoms with Gasteiger partial charge in [0, 0.05) is 40.0 Å². The second-order valence-corrected chi connectivity index (χ2v) is 12.4. The molecule has 0 bridgehead atoms. The molecular formula is C39H38N2O5. The highest BCUT2D eigenvalue weighted by Gasteiger charge is 2.50. The summed E-state index contributed by atoms with van der Waals surface area (Å²) in [6, 6.07) is 34.1. The van der Waals surface area contributed by atoms with E-state index < -0.39 is 5.41 Å². The van der Waals surface area contributed by atoms with E-state index in [4.69, 9.17) is 23.9 Å². The molecule has 2 heterocycles. The summed E-state index contributed by atoms with van der Waals surface area (Å²) in [5, 5.41) is 3.50. The van der Waals surface area contributed by atoms with Gasteiger partial charge in [-0.15, -0.1) is 0 Å². The molecule has 0 radical (unpaired) electrons. The number of hydrogen-bond donors (Lipinski definition) is 1. The Hall–Kier alpha value is -4.72. The van der Waals surface area contributed by atoms with E-state index in [9.17, 15) is 4.79 Å². The van der Waals surface area contributed by atoms with Crippen LogP contribution in [0, 0.1) is 11.3 Å². The number of hydrogen-bond acceptors (Lipinski definition) is 7. The molecule has 4 aromatic rings. The van der Waals surface area contributed by atoms with Gasteiger partial charge in [-0.3, -0.25) is 4.99 Å². The average Bonchev–Trinajstić information content (AvgIpc) is 3.90. The van der Waals surface area contributed by atoms with E-state index in [2.05, 4.69) is 43.4 Å². The molecule has 4 aromatic carbocycles. The summed E-state index contributed by atoms with van der Waals surface area (Å²) in [4.78, 5) is 18.6. The zero-order chi connectivity index (χ0) is 31.5. The quantitative estimate of drug-likeness (QED) is 0.110. The van der Waals surface area contributed by atoms with Crippen LogP contribution < -0.4 is 10.1 Å². The zero-order valence-electron chi connectivity index (χ0n) is 26.1. The lowest BCUT2D eigenvalue weighted by Crippen LogP contribution is -2.41. The number of rotatable bonds is 10. The first-order valence-corrected chi connectivity index (χ1v) is 15.9. The summed E-state index contributed by atoms with van der Waals surface area (Å²) in [5.74, 6) is 1.23. The van der Waals surface area contributed by atoms with Gasteiger partial charge < -0.3 is 24.3 Å². The first kappa shape index (κ1) is 30.0. The lowest BCUT2D eigenvalue weighted by Gasteiger charge is -2.48. The number of carbonyl (C=O) groups is 1. The van der Waals surface area contributed by atoms with Crippen molar-refractivity contribution in [2.45, 2.75) is 32.3 Å². The van der Waals surface area contributed by atoms with Crippen LogP contribution in [0.1, 0.15) is 47.7 Å². The predicted molar refractivity (Wildman–Crippen MR) is 179 cm³/mol. The average molecular weight is 615 g/mol. The van der Waals surface area contributed by atoms with Crippen LogP contribution in [0.4, 0.5) is 17.1 Å². The van der Waals surface area contributed by atoms with Crippen molar-refractivity contribution in [3.8, 4) is 5.75 Å². The normalized spacial score (nSPS) is 23.8. The van der Waals surface area contributed by atoms with E-state index in [1.54, 1.807) is 0 Å². The number of carbonyl (C=O) groups excluding carboxylic acids is 1. The van der Waals surface area contributed by atoms with Crippen molar-refractivity contribution in [3.63, 3.8) is 0 Å². The molecule has 1 fully saturated rings. The van der Waals surface area contributed by atoms with Gasteiger partial charge in [-0.25, -0.2) is 4.79 Å². The van der Waals surface area contributed by atoms with Gasteiger partial charge in [0.15, 0.2) is 0 Å². The number of anilines is 2. The van der Waals surface area contributed by atoms with Gasteiger partial charge >= 0.3 is 5.97 Å². The minimum absolute atomic E-state index is 0.160. The highest BCUT2D eigenvalue weighted by atomic mass is 16.6. The third-order valence-electron chi connectivity index (χ3n) is 8.99. The molecule has 4 atom stereocenters.